The molecule has 0 aliphatic carbocycles. The molecular weight excluding hydrogens is 342 g/mol. The molecular formula is C22H19NO4. The smallest absolute Gasteiger partial charge is 0.344 e. The third kappa shape index (κ3) is 5.44. The van der Waals surface area contributed by atoms with Crippen molar-refractivity contribution in [2.24, 2.45) is 5.16 Å². The molecule has 0 bridgehead atoms. The Labute approximate surface area is 157 Å². The van der Waals surface area contributed by atoms with Gasteiger partial charge in [0.2, 0.25) is 6.61 Å². The van der Waals surface area contributed by atoms with Crippen LogP contribution in [0.1, 0.15) is 11.1 Å². The quantitative estimate of drug-likeness (QED) is 0.478. The lowest BCUT2D eigenvalue weighted by atomic mass is 10.0. The average molecular weight is 361 g/mol. The lowest BCUT2D eigenvalue weighted by Crippen LogP contribution is -2.03. The van der Waals surface area contributed by atoms with E-state index >= 15 is 0 Å². The van der Waals surface area contributed by atoms with Crippen molar-refractivity contribution in [1.82, 2.24) is 0 Å². The zero-order valence-corrected chi connectivity index (χ0v) is 14.6. The molecule has 0 radical (unpaired) electrons. The molecule has 0 unspecified atom stereocenters. The number of carbonyl (C=O) groups is 1. The molecule has 0 amide bonds. The molecule has 3 rings (SSSR count). The van der Waals surface area contributed by atoms with Crippen LogP contribution in [0.15, 0.2) is 84.0 Å². The number of aliphatic carboxylic acids is 1. The number of benzene rings is 3. The van der Waals surface area contributed by atoms with Gasteiger partial charge < -0.3 is 14.7 Å². The number of carboxylic acids is 1. The Hall–Kier alpha value is -3.60. The van der Waals surface area contributed by atoms with Crippen LogP contribution >= 0.6 is 0 Å². The Kier molecular flexibility index (Phi) is 6.20. The van der Waals surface area contributed by atoms with Crippen LogP contribution in [-0.2, 0) is 16.2 Å². The maximum Gasteiger partial charge on any atom is 0.344 e. The van der Waals surface area contributed by atoms with Crippen LogP contribution < -0.4 is 4.74 Å². The topological polar surface area (TPSA) is 68.1 Å². The summed E-state index contributed by atoms with van der Waals surface area (Å²) in [5.74, 6) is -0.297. The third-order valence-electron chi connectivity index (χ3n) is 3.81. The zero-order chi connectivity index (χ0) is 18.9. The molecule has 1 N–H and O–H groups in total. The summed E-state index contributed by atoms with van der Waals surface area (Å²) >= 11 is 0. The second-order valence-corrected chi connectivity index (χ2v) is 5.79. The normalized spacial score (nSPS) is 10.7. The summed E-state index contributed by atoms with van der Waals surface area (Å²) in [7, 11) is 0. The number of nitrogens with zero attached hydrogens (tertiary/aromatic N) is 1. The molecule has 3 aromatic carbocycles. The van der Waals surface area contributed by atoms with Crippen LogP contribution in [0.3, 0.4) is 0 Å². The van der Waals surface area contributed by atoms with Crippen molar-refractivity contribution in [3.05, 3.63) is 90.0 Å². The van der Waals surface area contributed by atoms with Gasteiger partial charge in [0, 0.05) is 5.56 Å². The molecule has 5 heteroatoms. The van der Waals surface area contributed by atoms with E-state index in [9.17, 15) is 4.79 Å². The Morgan fingerprint density at radius 3 is 2.56 bits per heavy atom. The van der Waals surface area contributed by atoms with Crippen LogP contribution in [0.2, 0.25) is 0 Å². The Bertz CT molecular complexity index is 922. The van der Waals surface area contributed by atoms with Gasteiger partial charge in [0.1, 0.15) is 12.4 Å². The predicted octanol–water partition coefficient (Wildman–Crippen LogP) is 4.37. The van der Waals surface area contributed by atoms with E-state index in [0.29, 0.717) is 6.61 Å². The van der Waals surface area contributed by atoms with Gasteiger partial charge in [-0.25, -0.2) is 4.79 Å². The number of hydrogen-bond donors (Lipinski definition) is 1. The van der Waals surface area contributed by atoms with Crippen molar-refractivity contribution >= 4 is 12.2 Å². The van der Waals surface area contributed by atoms with Gasteiger partial charge in [-0.1, -0.05) is 71.9 Å². The molecule has 0 aliphatic rings. The van der Waals surface area contributed by atoms with Gasteiger partial charge in [0.05, 0.1) is 6.21 Å². The minimum atomic E-state index is -1.07. The van der Waals surface area contributed by atoms with Crippen molar-refractivity contribution in [2.75, 3.05) is 6.61 Å². The van der Waals surface area contributed by atoms with E-state index in [1.54, 1.807) is 0 Å². The van der Waals surface area contributed by atoms with Crippen LogP contribution in [-0.4, -0.2) is 23.9 Å². The van der Waals surface area contributed by atoms with E-state index in [1.165, 1.54) is 6.21 Å². The molecule has 0 aliphatic heterocycles. The molecule has 0 spiro atoms. The fourth-order valence-corrected chi connectivity index (χ4v) is 2.55. The summed E-state index contributed by atoms with van der Waals surface area (Å²) in [6, 6.07) is 25.5. The van der Waals surface area contributed by atoms with Gasteiger partial charge >= 0.3 is 5.97 Å². The van der Waals surface area contributed by atoms with Gasteiger partial charge in [-0.2, -0.15) is 0 Å². The van der Waals surface area contributed by atoms with Crippen molar-refractivity contribution in [3.63, 3.8) is 0 Å². The minimum absolute atomic E-state index is 0.471. The lowest BCUT2D eigenvalue weighted by Gasteiger charge is -2.10. The number of hydrogen-bond acceptors (Lipinski definition) is 4. The third-order valence-corrected chi connectivity index (χ3v) is 3.81. The first-order valence-corrected chi connectivity index (χ1v) is 8.46. The highest BCUT2D eigenvalue weighted by Crippen LogP contribution is 2.26. The van der Waals surface area contributed by atoms with Crippen molar-refractivity contribution in [2.45, 2.75) is 6.61 Å². The number of rotatable bonds is 8. The first kappa shape index (κ1) is 18.2. The fraction of sp³-hybridized carbons (Fsp3) is 0.0909. The first-order valence-electron chi connectivity index (χ1n) is 8.46. The number of ether oxygens (including phenoxy) is 1. The Balaban J connectivity index is 1.75. The van der Waals surface area contributed by atoms with Crippen molar-refractivity contribution < 1.29 is 19.5 Å². The second-order valence-electron chi connectivity index (χ2n) is 5.79. The predicted molar refractivity (Wildman–Crippen MR) is 104 cm³/mol. The highest BCUT2D eigenvalue weighted by Gasteiger charge is 2.05. The van der Waals surface area contributed by atoms with E-state index in [4.69, 9.17) is 14.7 Å². The Morgan fingerprint density at radius 2 is 1.74 bits per heavy atom. The maximum atomic E-state index is 10.5. The van der Waals surface area contributed by atoms with Crippen molar-refractivity contribution in [1.29, 1.82) is 0 Å². The van der Waals surface area contributed by atoms with Crippen LogP contribution in [0, 0.1) is 0 Å². The SMILES string of the molecule is O=C(O)CON=Cc1ccccc1-c1cccc(OCc2ccccc2)c1. The summed E-state index contributed by atoms with van der Waals surface area (Å²) in [5.41, 5.74) is 3.85. The van der Waals surface area contributed by atoms with Crippen LogP contribution in [0.5, 0.6) is 5.75 Å². The highest BCUT2D eigenvalue weighted by atomic mass is 16.6. The second kappa shape index (κ2) is 9.20. The van der Waals surface area contributed by atoms with Gasteiger partial charge in [-0.05, 0) is 28.8 Å². The highest BCUT2D eigenvalue weighted by molar-refractivity contribution is 5.90. The standard InChI is InChI=1S/C22H19NO4/c24-22(25)16-27-23-14-19-9-4-5-12-21(19)18-10-6-11-20(13-18)26-15-17-7-2-1-3-8-17/h1-14H,15-16H2,(H,24,25). The van der Waals surface area contributed by atoms with Crippen LogP contribution in [0.25, 0.3) is 11.1 Å². The average Bonchev–Trinajstić information content (AvgIpc) is 2.71. The van der Waals surface area contributed by atoms with Crippen LogP contribution in [0.4, 0.5) is 0 Å². The van der Waals surface area contributed by atoms with E-state index in [2.05, 4.69) is 5.16 Å². The van der Waals surface area contributed by atoms with E-state index < -0.39 is 12.6 Å². The van der Waals surface area contributed by atoms with Gasteiger partial charge in [-0.15, -0.1) is 0 Å². The summed E-state index contributed by atoms with van der Waals surface area (Å²) in [5, 5.41) is 12.3. The summed E-state index contributed by atoms with van der Waals surface area (Å²) < 4.78 is 5.90. The van der Waals surface area contributed by atoms with Gasteiger partial charge in [0.15, 0.2) is 0 Å². The molecule has 0 atom stereocenters. The minimum Gasteiger partial charge on any atom is -0.489 e. The molecule has 0 heterocycles. The summed E-state index contributed by atoms with van der Waals surface area (Å²) in [6.07, 6.45) is 1.51. The summed E-state index contributed by atoms with van der Waals surface area (Å²) in [6.45, 7) is 0.0257. The monoisotopic (exact) mass is 361 g/mol. The van der Waals surface area contributed by atoms with Gasteiger partial charge in [0.25, 0.3) is 0 Å². The molecule has 136 valence electrons. The molecule has 0 saturated carbocycles. The largest absolute Gasteiger partial charge is 0.489 e. The van der Waals surface area contributed by atoms with Crippen molar-refractivity contribution in [3.8, 4) is 16.9 Å². The first-order chi connectivity index (χ1) is 13.2. The van der Waals surface area contributed by atoms with E-state index in [-0.39, 0.29) is 0 Å². The lowest BCUT2D eigenvalue weighted by molar-refractivity contribution is -0.142. The molecule has 3 aromatic rings. The van der Waals surface area contributed by atoms with E-state index in [0.717, 1.165) is 28.0 Å². The Morgan fingerprint density at radius 1 is 0.963 bits per heavy atom. The fourth-order valence-electron chi connectivity index (χ4n) is 2.55. The molecule has 0 fully saturated rings. The summed E-state index contributed by atoms with van der Waals surface area (Å²) in [4.78, 5) is 15.2. The molecule has 0 saturated heterocycles. The maximum absolute atomic E-state index is 10.5. The molecule has 5 nitrogen and oxygen atoms in total. The van der Waals surface area contributed by atoms with E-state index in [1.807, 2.05) is 78.9 Å². The molecule has 27 heavy (non-hydrogen) atoms. The number of oxime groups is 1. The number of carboxylic acid groups (broad SMARTS) is 1. The van der Waals surface area contributed by atoms with Gasteiger partial charge in [-0.3, -0.25) is 0 Å². The zero-order valence-electron chi connectivity index (χ0n) is 14.6. The molecule has 0 aromatic heterocycles.